The molecule has 4 nitrogen and oxygen atoms in total. The molecular weight excluding hydrogens is 254 g/mol. The van der Waals surface area contributed by atoms with Crippen LogP contribution in [0.25, 0.3) is 0 Å². The summed E-state index contributed by atoms with van der Waals surface area (Å²) in [4.78, 5) is 25.0. The third-order valence-electron chi connectivity index (χ3n) is 3.64. The van der Waals surface area contributed by atoms with Crippen LogP contribution >= 0.6 is 0 Å². The van der Waals surface area contributed by atoms with Crippen molar-refractivity contribution >= 4 is 11.8 Å². The average molecular weight is 275 g/mol. The van der Waals surface area contributed by atoms with E-state index in [0.717, 1.165) is 16.9 Å². The zero-order chi connectivity index (χ0) is 14.7. The Balaban J connectivity index is 2.23. The van der Waals surface area contributed by atoms with Gasteiger partial charge in [-0.3, -0.25) is 14.5 Å². The first-order valence-electron chi connectivity index (χ1n) is 7.03. The zero-order valence-electron chi connectivity index (χ0n) is 12.3. The van der Waals surface area contributed by atoms with Gasteiger partial charge in [-0.1, -0.05) is 26.0 Å². The summed E-state index contributed by atoms with van der Waals surface area (Å²) >= 11 is 0. The van der Waals surface area contributed by atoms with Crippen molar-refractivity contribution in [1.29, 1.82) is 0 Å². The van der Waals surface area contributed by atoms with Gasteiger partial charge in [0.15, 0.2) is 0 Å². The first-order valence-corrected chi connectivity index (χ1v) is 7.03. The Morgan fingerprint density at radius 3 is 2.40 bits per heavy atom. The number of piperidine rings is 1. The minimum atomic E-state index is -0.0665. The molecule has 0 bridgehead atoms. The number of methoxy groups -OCH3 is 1. The number of ether oxygens (including phenoxy) is 1. The molecule has 1 fully saturated rings. The lowest BCUT2D eigenvalue weighted by Crippen LogP contribution is -2.39. The molecule has 0 saturated carbocycles. The van der Waals surface area contributed by atoms with Crippen LogP contribution in [-0.2, 0) is 16.1 Å². The van der Waals surface area contributed by atoms with E-state index in [-0.39, 0.29) is 11.8 Å². The molecule has 0 spiro atoms. The molecule has 1 aromatic carbocycles. The number of imide groups is 1. The summed E-state index contributed by atoms with van der Waals surface area (Å²) in [5.41, 5.74) is 2.07. The molecule has 1 aromatic rings. The van der Waals surface area contributed by atoms with E-state index >= 15 is 0 Å². The Morgan fingerprint density at radius 2 is 1.85 bits per heavy atom. The Kier molecular flexibility index (Phi) is 4.42. The maximum Gasteiger partial charge on any atom is 0.229 e. The van der Waals surface area contributed by atoms with Crippen molar-refractivity contribution in [2.24, 2.45) is 0 Å². The topological polar surface area (TPSA) is 46.6 Å². The first kappa shape index (κ1) is 14.6. The number of carbonyl (C=O) groups is 2. The summed E-state index contributed by atoms with van der Waals surface area (Å²) in [5.74, 6) is 1.05. The van der Waals surface area contributed by atoms with Crippen molar-refractivity contribution in [3.05, 3.63) is 29.3 Å². The van der Waals surface area contributed by atoms with Gasteiger partial charge in [0.25, 0.3) is 0 Å². The van der Waals surface area contributed by atoms with Crippen LogP contribution in [0.15, 0.2) is 18.2 Å². The van der Waals surface area contributed by atoms with Gasteiger partial charge in [-0.2, -0.15) is 0 Å². The number of rotatable bonds is 4. The van der Waals surface area contributed by atoms with E-state index in [4.69, 9.17) is 4.74 Å². The van der Waals surface area contributed by atoms with Gasteiger partial charge in [0.2, 0.25) is 11.8 Å². The van der Waals surface area contributed by atoms with Gasteiger partial charge in [-0.05, 0) is 29.5 Å². The van der Waals surface area contributed by atoms with Gasteiger partial charge in [0.1, 0.15) is 5.75 Å². The van der Waals surface area contributed by atoms with Crippen LogP contribution < -0.4 is 4.74 Å². The monoisotopic (exact) mass is 275 g/mol. The van der Waals surface area contributed by atoms with Crippen molar-refractivity contribution in [2.45, 2.75) is 45.6 Å². The molecule has 4 heteroatoms. The van der Waals surface area contributed by atoms with Crippen LogP contribution in [0.1, 0.15) is 50.2 Å². The van der Waals surface area contributed by atoms with Gasteiger partial charge in [0, 0.05) is 12.8 Å². The average Bonchev–Trinajstić information content (AvgIpc) is 2.43. The highest BCUT2D eigenvalue weighted by molar-refractivity contribution is 5.97. The molecule has 20 heavy (non-hydrogen) atoms. The van der Waals surface area contributed by atoms with E-state index < -0.39 is 0 Å². The molecule has 0 radical (unpaired) electrons. The predicted molar refractivity (Wildman–Crippen MR) is 76.5 cm³/mol. The fourth-order valence-corrected chi connectivity index (χ4v) is 2.49. The summed E-state index contributed by atoms with van der Waals surface area (Å²) in [6, 6.07) is 5.85. The second-order valence-electron chi connectivity index (χ2n) is 5.46. The number of likely N-dealkylation sites (tertiary alicyclic amines) is 1. The summed E-state index contributed by atoms with van der Waals surface area (Å²) < 4.78 is 5.35. The second kappa shape index (κ2) is 6.07. The maximum atomic E-state index is 11.8. The highest BCUT2D eigenvalue weighted by Crippen LogP contribution is 2.28. The predicted octanol–water partition coefficient (Wildman–Crippen LogP) is 2.86. The molecule has 0 unspecified atom stereocenters. The minimum Gasteiger partial charge on any atom is -0.496 e. The summed E-state index contributed by atoms with van der Waals surface area (Å²) in [6.45, 7) is 4.55. The molecule has 2 amide bonds. The minimum absolute atomic E-state index is 0.0665. The maximum absolute atomic E-state index is 11.8. The van der Waals surface area contributed by atoms with E-state index in [1.165, 1.54) is 4.90 Å². The third-order valence-corrected chi connectivity index (χ3v) is 3.64. The normalized spacial score (nSPS) is 15.9. The quantitative estimate of drug-likeness (QED) is 0.794. The lowest BCUT2D eigenvalue weighted by atomic mass is 9.99. The van der Waals surface area contributed by atoms with Crippen molar-refractivity contribution < 1.29 is 14.3 Å². The molecule has 0 atom stereocenters. The van der Waals surface area contributed by atoms with E-state index in [2.05, 4.69) is 13.8 Å². The van der Waals surface area contributed by atoms with E-state index in [1.807, 2.05) is 18.2 Å². The van der Waals surface area contributed by atoms with Crippen LogP contribution in [0.3, 0.4) is 0 Å². The number of carbonyl (C=O) groups excluding carboxylic acids is 2. The van der Waals surface area contributed by atoms with Gasteiger partial charge in [0.05, 0.1) is 13.7 Å². The highest BCUT2D eigenvalue weighted by Gasteiger charge is 2.26. The summed E-state index contributed by atoms with van der Waals surface area (Å²) in [7, 11) is 1.65. The van der Waals surface area contributed by atoms with Crippen molar-refractivity contribution in [2.75, 3.05) is 7.11 Å². The molecule has 2 rings (SSSR count). The van der Waals surface area contributed by atoms with E-state index in [0.29, 0.717) is 31.7 Å². The smallest absolute Gasteiger partial charge is 0.229 e. The van der Waals surface area contributed by atoms with E-state index in [9.17, 15) is 9.59 Å². The van der Waals surface area contributed by atoms with E-state index in [1.54, 1.807) is 7.11 Å². The SMILES string of the molecule is COc1ccc(CN2C(=O)CCCC2=O)cc1C(C)C. The Bertz CT molecular complexity index is 506. The molecule has 1 saturated heterocycles. The fraction of sp³-hybridized carbons (Fsp3) is 0.500. The Labute approximate surface area is 119 Å². The van der Waals surface area contributed by atoms with Crippen LogP contribution in [0.2, 0.25) is 0 Å². The lowest BCUT2D eigenvalue weighted by Gasteiger charge is -2.25. The lowest BCUT2D eigenvalue weighted by molar-refractivity contribution is -0.148. The Hall–Kier alpha value is -1.84. The molecule has 0 aromatic heterocycles. The van der Waals surface area contributed by atoms with Gasteiger partial charge < -0.3 is 4.74 Å². The number of hydrogen-bond donors (Lipinski definition) is 0. The third kappa shape index (κ3) is 3.00. The van der Waals surface area contributed by atoms with Crippen LogP contribution in [0.4, 0.5) is 0 Å². The van der Waals surface area contributed by atoms with Crippen molar-refractivity contribution in [3.63, 3.8) is 0 Å². The number of amides is 2. The van der Waals surface area contributed by atoms with Gasteiger partial charge >= 0.3 is 0 Å². The summed E-state index contributed by atoms with van der Waals surface area (Å²) in [6.07, 6.45) is 1.62. The largest absolute Gasteiger partial charge is 0.496 e. The fourth-order valence-electron chi connectivity index (χ4n) is 2.49. The molecule has 1 heterocycles. The van der Waals surface area contributed by atoms with Crippen LogP contribution in [0.5, 0.6) is 5.75 Å². The summed E-state index contributed by atoms with van der Waals surface area (Å²) in [5, 5.41) is 0. The molecule has 1 aliphatic rings. The zero-order valence-corrected chi connectivity index (χ0v) is 12.3. The van der Waals surface area contributed by atoms with Gasteiger partial charge in [-0.15, -0.1) is 0 Å². The number of hydrogen-bond acceptors (Lipinski definition) is 3. The standard InChI is InChI=1S/C16H21NO3/c1-11(2)13-9-12(7-8-14(13)20-3)10-17-15(18)5-4-6-16(17)19/h7-9,11H,4-6,10H2,1-3H3. The molecule has 108 valence electrons. The Morgan fingerprint density at radius 1 is 1.20 bits per heavy atom. The van der Waals surface area contributed by atoms with Crippen LogP contribution in [0, 0.1) is 0 Å². The molecule has 0 N–H and O–H groups in total. The van der Waals surface area contributed by atoms with Gasteiger partial charge in [-0.25, -0.2) is 0 Å². The molecule has 1 aliphatic heterocycles. The second-order valence-corrected chi connectivity index (χ2v) is 5.46. The van der Waals surface area contributed by atoms with Crippen LogP contribution in [-0.4, -0.2) is 23.8 Å². The highest BCUT2D eigenvalue weighted by atomic mass is 16.5. The molecular formula is C16H21NO3. The van der Waals surface area contributed by atoms with Crippen molar-refractivity contribution in [1.82, 2.24) is 4.90 Å². The number of benzene rings is 1. The number of nitrogens with zero attached hydrogens (tertiary/aromatic N) is 1. The molecule has 0 aliphatic carbocycles. The van der Waals surface area contributed by atoms with Crippen molar-refractivity contribution in [3.8, 4) is 5.75 Å². The first-order chi connectivity index (χ1) is 9.52.